The number of carbonyl (C=O) groups is 1. The van der Waals surface area contributed by atoms with Gasteiger partial charge in [0.2, 0.25) is 0 Å². The summed E-state index contributed by atoms with van der Waals surface area (Å²) >= 11 is 0. The Morgan fingerprint density at radius 2 is 1.67 bits per heavy atom. The zero-order chi connectivity index (χ0) is 15.7. The van der Waals surface area contributed by atoms with Crippen LogP contribution in [0.15, 0.2) is 12.1 Å². The minimum absolute atomic E-state index is 0.244. The maximum absolute atomic E-state index is 14.0. The van der Waals surface area contributed by atoms with Crippen molar-refractivity contribution in [3.05, 3.63) is 23.5 Å². The summed E-state index contributed by atoms with van der Waals surface area (Å²) in [6, 6.07) is 3.06. The predicted molar refractivity (Wildman–Crippen MR) is 81.6 cm³/mol. The van der Waals surface area contributed by atoms with Crippen molar-refractivity contribution in [3.63, 3.8) is 0 Å². The molecule has 1 aromatic carbocycles. The topological polar surface area (TPSA) is 35.5 Å². The highest BCUT2D eigenvalue weighted by Gasteiger charge is 2.12. The van der Waals surface area contributed by atoms with E-state index in [0.717, 1.165) is 6.42 Å². The second-order valence-corrected chi connectivity index (χ2v) is 4.90. The Morgan fingerprint density at radius 1 is 1.05 bits per heavy atom. The van der Waals surface area contributed by atoms with E-state index in [1.165, 1.54) is 6.07 Å². The van der Waals surface area contributed by atoms with E-state index in [4.69, 9.17) is 9.47 Å². The highest BCUT2D eigenvalue weighted by atomic mass is 19.1. The van der Waals surface area contributed by atoms with Gasteiger partial charge in [0.1, 0.15) is 11.6 Å². The first-order chi connectivity index (χ1) is 10.1. The highest BCUT2D eigenvalue weighted by molar-refractivity contribution is 5.78. The van der Waals surface area contributed by atoms with Crippen LogP contribution in [0.4, 0.5) is 4.39 Å². The molecule has 0 fully saturated rings. The lowest BCUT2D eigenvalue weighted by Crippen LogP contribution is -2.03. The molecule has 21 heavy (non-hydrogen) atoms. The Morgan fingerprint density at radius 3 is 2.24 bits per heavy atom. The molecule has 0 aliphatic rings. The van der Waals surface area contributed by atoms with Crippen LogP contribution in [0.5, 0.6) is 11.5 Å². The molecule has 0 aliphatic carbocycles. The number of halogens is 1. The fourth-order valence-electron chi connectivity index (χ4n) is 2.19. The number of ether oxygens (including phenoxy) is 2. The van der Waals surface area contributed by atoms with Gasteiger partial charge in [0, 0.05) is 18.9 Å². The Labute approximate surface area is 126 Å². The molecule has 0 aromatic heterocycles. The van der Waals surface area contributed by atoms with E-state index in [-0.39, 0.29) is 11.6 Å². The third kappa shape index (κ3) is 5.74. The molecule has 1 rings (SSSR count). The fraction of sp³-hybridized carbons (Fsp3) is 0.588. The molecular formula is C17H25FO3. The van der Waals surface area contributed by atoms with E-state index in [0.29, 0.717) is 56.0 Å². The quantitative estimate of drug-likeness (QED) is 0.645. The lowest BCUT2D eigenvalue weighted by Gasteiger charge is -2.13. The predicted octanol–water partition coefficient (Wildman–Crippen LogP) is 4.32. The molecule has 3 nitrogen and oxygen atoms in total. The van der Waals surface area contributed by atoms with Gasteiger partial charge in [-0.15, -0.1) is 0 Å². The van der Waals surface area contributed by atoms with Crippen LogP contribution >= 0.6 is 0 Å². The number of hydrogen-bond donors (Lipinski definition) is 0. The van der Waals surface area contributed by atoms with Crippen LogP contribution in [0, 0.1) is 5.82 Å². The molecule has 0 spiro atoms. The number of benzene rings is 1. The number of rotatable bonds is 10. The van der Waals surface area contributed by atoms with Crippen LogP contribution in [0.25, 0.3) is 0 Å². The zero-order valence-corrected chi connectivity index (χ0v) is 13.2. The number of aryl methyl sites for hydroxylation is 1. The van der Waals surface area contributed by atoms with Gasteiger partial charge in [0.05, 0.1) is 13.2 Å². The van der Waals surface area contributed by atoms with Crippen LogP contribution in [-0.2, 0) is 11.2 Å². The van der Waals surface area contributed by atoms with Crippen molar-refractivity contribution >= 4 is 5.78 Å². The molecule has 0 saturated heterocycles. The molecule has 4 heteroatoms. The molecule has 0 amide bonds. The largest absolute Gasteiger partial charge is 0.490 e. The van der Waals surface area contributed by atoms with Gasteiger partial charge < -0.3 is 9.47 Å². The normalized spacial score (nSPS) is 10.5. The molecule has 0 unspecified atom stereocenters. The van der Waals surface area contributed by atoms with E-state index in [1.54, 1.807) is 6.07 Å². The Hall–Kier alpha value is -1.58. The van der Waals surface area contributed by atoms with Crippen LogP contribution in [0.3, 0.4) is 0 Å². The molecule has 0 heterocycles. The molecule has 0 N–H and O–H groups in total. The Bertz CT molecular complexity index is 458. The first-order valence-electron chi connectivity index (χ1n) is 7.72. The van der Waals surface area contributed by atoms with E-state index in [2.05, 4.69) is 0 Å². The van der Waals surface area contributed by atoms with Gasteiger partial charge in [0.25, 0.3) is 0 Å². The van der Waals surface area contributed by atoms with Gasteiger partial charge in [-0.05, 0) is 44.7 Å². The molecule has 0 bridgehead atoms. The molecule has 118 valence electrons. The van der Waals surface area contributed by atoms with E-state index in [9.17, 15) is 9.18 Å². The number of hydrogen-bond acceptors (Lipinski definition) is 3. The Balaban J connectivity index is 2.73. The summed E-state index contributed by atoms with van der Waals surface area (Å²) in [4.78, 5) is 11.5. The monoisotopic (exact) mass is 296 g/mol. The van der Waals surface area contributed by atoms with Crippen LogP contribution in [0.2, 0.25) is 0 Å². The molecule has 0 atom stereocenters. The Kier molecular flexibility index (Phi) is 7.80. The highest BCUT2D eigenvalue weighted by Crippen LogP contribution is 2.31. The van der Waals surface area contributed by atoms with E-state index < -0.39 is 0 Å². The molecular weight excluding hydrogens is 271 g/mol. The van der Waals surface area contributed by atoms with Crippen molar-refractivity contribution in [2.75, 3.05) is 13.2 Å². The van der Waals surface area contributed by atoms with Crippen molar-refractivity contribution in [1.82, 2.24) is 0 Å². The standard InChI is InChI=1S/C17H25FO3/c1-4-8-14(19)10-7-9-13-11-16(20-5-2)17(21-6-3)12-15(13)18/h11-12H,4-10H2,1-3H3. The SMILES string of the molecule is CCCC(=O)CCCc1cc(OCC)c(OCC)cc1F. The second kappa shape index (κ2) is 9.37. The van der Waals surface area contributed by atoms with Crippen molar-refractivity contribution in [3.8, 4) is 11.5 Å². The molecule has 0 radical (unpaired) electrons. The van der Waals surface area contributed by atoms with Crippen molar-refractivity contribution in [2.45, 2.75) is 52.9 Å². The van der Waals surface area contributed by atoms with Crippen molar-refractivity contribution in [2.24, 2.45) is 0 Å². The maximum atomic E-state index is 14.0. The summed E-state index contributed by atoms with van der Waals surface area (Å²) in [5, 5.41) is 0. The zero-order valence-electron chi connectivity index (χ0n) is 13.2. The summed E-state index contributed by atoms with van der Waals surface area (Å²) in [7, 11) is 0. The maximum Gasteiger partial charge on any atom is 0.164 e. The average molecular weight is 296 g/mol. The minimum atomic E-state index is -0.301. The van der Waals surface area contributed by atoms with Gasteiger partial charge in [0.15, 0.2) is 11.5 Å². The summed E-state index contributed by atoms with van der Waals surface area (Å²) in [5.41, 5.74) is 0.575. The number of Topliss-reactive ketones (excluding diaryl/α,β-unsaturated/α-hetero) is 1. The van der Waals surface area contributed by atoms with E-state index >= 15 is 0 Å². The third-order valence-corrected chi connectivity index (χ3v) is 3.14. The van der Waals surface area contributed by atoms with Crippen molar-refractivity contribution < 1.29 is 18.7 Å². The fourth-order valence-corrected chi connectivity index (χ4v) is 2.19. The van der Waals surface area contributed by atoms with Gasteiger partial charge in [-0.1, -0.05) is 6.92 Å². The van der Waals surface area contributed by atoms with Gasteiger partial charge in [-0.2, -0.15) is 0 Å². The number of ketones is 1. The molecule has 0 aliphatic heterocycles. The average Bonchev–Trinajstić information content (AvgIpc) is 2.44. The van der Waals surface area contributed by atoms with E-state index in [1.807, 2.05) is 20.8 Å². The second-order valence-electron chi connectivity index (χ2n) is 4.90. The van der Waals surface area contributed by atoms with Gasteiger partial charge in [-0.3, -0.25) is 4.79 Å². The first kappa shape index (κ1) is 17.5. The smallest absolute Gasteiger partial charge is 0.164 e. The summed E-state index contributed by atoms with van der Waals surface area (Å²) < 4.78 is 24.9. The summed E-state index contributed by atoms with van der Waals surface area (Å²) in [6.45, 7) is 6.67. The molecule has 1 aromatic rings. The number of carbonyl (C=O) groups excluding carboxylic acids is 1. The minimum Gasteiger partial charge on any atom is -0.490 e. The van der Waals surface area contributed by atoms with Crippen LogP contribution in [0.1, 0.15) is 52.0 Å². The summed E-state index contributed by atoms with van der Waals surface area (Å²) in [5.74, 6) is 0.942. The summed E-state index contributed by atoms with van der Waals surface area (Å²) in [6.07, 6.45) is 3.17. The first-order valence-corrected chi connectivity index (χ1v) is 7.72. The van der Waals surface area contributed by atoms with Crippen LogP contribution < -0.4 is 9.47 Å². The lowest BCUT2D eigenvalue weighted by atomic mass is 10.0. The molecule has 0 saturated carbocycles. The van der Waals surface area contributed by atoms with Crippen molar-refractivity contribution in [1.29, 1.82) is 0 Å². The van der Waals surface area contributed by atoms with Gasteiger partial charge >= 0.3 is 0 Å². The van der Waals surface area contributed by atoms with Crippen LogP contribution in [-0.4, -0.2) is 19.0 Å². The lowest BCUT2D eigenvalue weighted by molar-refractivity contribution is -0.119. The van der Waals surface area contributed by atoms with Gasteiger partial charge in [-0.25, -0.2) is 4.39 Å². The third-order valence-electron chi connectivity index (χ3n) is 3.14.